The number of aromatic nitrogens is 2. The number of piperazine rings is 1. The van der Waals surface area contributed by atoms with Gasteiger partial charge in [0.15, 0.2) is 0 Å². The van der Waals surface area contributed by atoms with Crippen LogP contribution in [0.3, 0.4) is 0 Å². The first-order chi connectivity index (χ1) is 14.0. The second-order valence-electron chi connectivity index (χ2n) is 8.24. The first kappa shape index (κ1) is 18.3. The highest BCUT2D eigenvalue weighted by Gasteiger charge is 2.61. The second-order valence-corrected chi connectivity index (χ2v) is 8.24. The van der Waals surface area contributed by atoms with Crippen LogP contribution >= 0.6 is 0 Å². The van der Waals surface area contributed by atoms with E-state index in [0.717, 1.165) is 24.3 Å². The van der Waals surface area contributed by atoms with Crippen molar-refractivity contribution in [2.75, 3.05) is 27.2 Å². The fraction of sp³-hybridized carbons (Fsp3) is 0.476. The number of hydrogen-bond donors (Lipinski definition) is 1. The summed E-state index contributed by atoms with van der Waals surface area (Å²) in [7, 11) is 5.31. The summed E-state index contributed by atoms with van der Waals surface area (Å²) >= 11 is 0. The number of urea groups is 1. The maximum atomic E-state index is 13.3. The van der Waals surface area contributed by atoms with Crippen LogP contribution in [0.4, 0.5) is 4.79 Å². The van der Waals surface area contributed by atoms with Gasteiger partial charge < -0.3 is 10.2 Å². The van der Waals surface area contributed by atoms with Crippen molar-refractivity contribution in [3.8, 4) is 0 Å². The largest absolute Gasteiger partial charge is 0.326 e. The van der Waals surface area contributed by atoms with Crippen LogP contribution in [0.15, 0.2) is 42.6 Å². The monoisotopic (exact) mass is 394 g/mol. The average molecular weight is 394 g/mol. The molecule has 0 bridgehead atoms. The smallest absolute Gasteiger partial charge is 0.322 e. The Morgan fingerprint density at radius 2 is 1.79 bits per heavy atom. The molecule has 5 atom stereocenters. The molecule has 2 aromatic rings. The van der Waals surface area contributed by atoms with Gasteiger partial charge in [0.2, 0.25) is 5.91 Å². The van der Waals surface area contributed by atoms with Crippen LogP contribution in [-0.4, -0.2) is 75.7 Å². The fourth-order valence-electron chi connectivity index (χ4n) is 5.49. The summed E-state index contributed by atoms with van der Waals surface area (Å²) in [6.45, 7) is 1.63. The highest BCUT2D eigenvalue weighted by molar-refractivity contribution is 5.99. The molecule has 8 nitrogen and oxygen atoms in total. The topological polar surface area (TPSA) is 73.7 Å². The van der Waals surface area contributed by atoms with Gasteiger partial charge in [-0.25, -0.2) is 4.79 Å². The third-order valence-electron chi connectivity index (χ3n) is 6.72. The van der Waals surface area contributed by atoms with Gasteiger partial charge in [0.05, 0.1) is 29.7 Å². The molecule has 0 spiro atoms. The van der Waals surface area contributed by atoms with E-state index in [1.807, 2.05) is 44.6 Å². The lowest BCUT2D eigenvalue weighted by atomic mass is 9.84. The van der Waals surface area contributed by atoms with E-state index in [9.17, 15) is 9.59 Å². The van der Waals surface area contributed by atoms with Gasteiger partial charge >= 0.3 is 6.03 Å². The summed E-state index contributed by atoms with van der Waals surface area (Å²) in [5.74, 6) is -0.401. The number of nitrogens with zero attached hydrogens (tertiary/aromatic N) is 5. The first-order valence-electron chi connectivity index (χ1n) is 10.1. The molecule has 4 heterocycles. The molecule has 5 unspecified atom stereocenters. The molecule has 0 aliphatic carbocycles. The van der Waals surface area contributed by atoms with Gasteiger partial charge in [0.1, 0.15) is 0 Å². The molecule has 3 aliphatic heterocycles. The predicted molar refractivity (Wildman–Crippen MR) is 107 cm³/mol. The fourth-order valence-corrected chi connectivity index (χ4v) is 5.49. The third-order valence-corrected chi connectivity index (χ3v) is 6.72. The van der Waals surface area contributed by atoms with Crippen molar-refractivity contribution < 1.29 is 9.59 Å². The van der Waals surface area contributed by atoms with Gasteiger partial charge in [-0.15, -0.1) is 0 Å². The molecule has 152 valence electrons. The molecule has 5 rings (SSSR count). The zero-order chi connectivity index (χ0) is 20.3. The Bertz CT molecular complexity index is 944. The summed E-state index contributed by atoms with van der Waals surface area (Å²) in [5, 5.41) is 8.24. The van der Waals surface area contributed by atoms with Crippen molar-refractivity contribution in [1.29, 1.82) is 0 Å². The first-order valence-corrected chi connectivity index (χ1v) is 10.1. The zero-order valence-corrected chi connectivity index (χ0v) is 16.9. The Kier molecular flexibility index (Phi) is 4.22. The maximum Gasteiger partial charge on any atom is 0.326 e. The van der Waals surface area contributed by atoms with Crippen molar-refractivity contribution in [3.63, 3.8) is 0 Å². The lowest BCUT2D eigenvalue weighted by Crippen LogP contribution is -2.63. The van der Waals surface area contributed by atoms with E-state index in [-0.39, 0.29) is 42.0 Å². The number of likely N-dealkylation sites (N-methyl/N-ethyl adjacent to an activating group) is 1. The molecule has 3 fully saturated rings. The number of hydrogen-bond acceptors (Lipinski definition) is 5. The van der Waals surface area contributed by atoms with Crippen LogP contribution in [0.25, 0.3) is 0 Å². The Balaban J connectivity index is 1.65. The summed E-state index contributed by atoms with van der Waals surface area (Å²) in [4.78, 5) is 31.6. The van der Waals surface area contributed by atoms with E-state index < -0.39 is 0 Å². The number of carbonyl (C=O) groups excluding carboxylic acids is 2. The molecule has 0 saturated carbocycles. The quantitative estimate of drug-likeness (QED) is 0.823. The van der Waals surface area contributed by atoms with Crippen LogP contribution in [0.1, 0.15) is 23.3 Å². The lowest BCUT2D eigenvalue weighted by Gasteiger charge is -2.44. The predicted octanol–water partition coefficient (Wildman–Crippen LogP) is 0.999. The van der Waals surface area contributed by atoms with Crippen molar-refractivity contribution >= 4 is 11.9 Å². The van der Waals surface area contributed by atoms with E-state index in [4.69, 9.17) is 0 Å². The van der Waals surface area contributed by atoms with Gasteiger partial charge in [-0.05, 0) is 11.6 Å². The van der Waals surface area contributed by atoms with Crippen LogP contribution in [0.5, 0.6) is 0 Å². The number of nitrogens with one attached hydrogen (secondary N) is 1. The Labute approximate surface area is 170 Å². The number of rotatable bonds is 2. The highest BCUT2D eigenvalue weighted by atomic mass is 16.2. The summed E-state index contributed by atoms with van der Waals surface area (Å²) < 4.78 is 1.80. The number of fused-ring (bicyclic) bond motifs is 3. The van der Waals surface area contributed by atoms with Gasteiger partial charge in [-0.2, -0.15) is 5.10 Å². The molecular formula is C21H26N6O2. The average Bonchev–Trinajstić information content (AvgIpc) is 3.32. The minimum atomic E-state index is -0.304. The molecule has 1 aromatic carbocycles. The van der Waals surface area contributed by atoms with Gasteiger partial charge in [-0.1, -0.05) is 30.3 Å². The Morgan fingerprint density at radius 3 is 2.48 bits per heavy atom. The lowest BCUT2D eigenvalue weighted by molar-refractivity contribution is -0.137. The summed E-state index contributed by atoms with van der Waals surface area (Å²) in [5.41, 5.74) is 2.07. The molecule has 1 aromatic heterocycles. The second kappa shape index (κ2) is 6.67. The standard InChI is InChI=1S/C21H26N6O2/c1-24-11-9-14(23-24)16-19-18-15(20(28)26(3)21(29)25(18)2)17(27(19)12-10-22-16)13-7-5-4-6-8-13/h4-9,11,15-19,22H,10,12H2,1-3H3. The zero-order valence-electron chi connectivity index (χ0n) is 16.9. The molecule has 8 heteroatoms. The van der Waals surface area contributed by atoms with Crippen molar-refractivity contribution in [1.82, 2.24) is 29.8 Å². The van der Waals surface area contributed by atoms with E-state index in [1.54, 1.807) is 16.6 Å². The molecule has 3 amide bonds. The molecule has 0 radical (unpaired) electrons. The summed E-state index contributed by atoms with van der Waals surface area (Å²) in [6.07, 6.45) is 1.94. The van der Waals surface area contributed by atoms with Gasteiger partial charge in [0.25, 0.3) is 0 Å². The Morgan fingerprint density at radius 1 is 1.03 bits per heavy atom. The number of aryl methyl sites for hydroxylation is 1. The van der Waals surface area contributed by atoms with E-state index in [1.165, 1.54) is 4.90 Å². The van der Waals surface area contributed by atoms with E-state index in [0.29, 0.717) is 0 Å². The van der Waals surface area contributed by atoms with Crippen LogP contribution in [0, 0.1) is 5.92 Å². The van der Waals surface area contributed by atoms with Crippen molar-refractivity contribution in [2.24, 2.45) is 13.0 Å². The van der Waals surface area contributed by atoms with Crippen LogP contribution < -0.4 is 5.32 Å². The van der Waals surface area contributed by atoms with Crippen LogP contribution in [0.2, 0.25) is 0 Å². The minimum Gasteiger partial charge on any atom is -0.322 e. The van der Waals surface area contributed by atoms with Crippen molar-refractivity contribution in [3.05, 3.63) is 53.9 Å². The number of imide groups is 1. The van der Waals surface area contributed by atoms with Gasteiger partial charge in [-0.3, -0.25) is 19.3 Å². The minimum absolute atomic E-state index is 0.0274. The number of amides is 3. The molecule has 29 heavy (non-hydrogen) atoms. The van der Waals surface area contributed by atoms with E-state index in [2.05, 4.69) is 27.4 Å². The number of benzene rings is 1. The summed E-state index contributed by atoms with van der Waals surface area (Å²) in [6, 6.07) is 11.6. The normalized spacial score (nSPS) is 32.4. The van der Waals surface area contributed by atoms with Crippen LogP contribution in [-0.2, 0) is 11.8 Å². The highest BCUT2D eigenvalue weighted by Crippen LogP contribution is 2.49. The van der Waals surface area contributed by atoms with Crippen molar-refractivity contribution in [2.45, 2.75) is 24.2 Å². The SMILES string of the molecule is CN1C(=O)C2C(C3C(c4ccn(C)n4)NCCN3C2c2ccccc2)N(C)C1=O. The molecule has 3 aliphatic rings. The maximum absolute atomic E-state index is 13.3. The molecular weight excluding hydrogens is 368 g/mol. The third kappa shape index (κ3) is 2.63. The molecule has 3 saturated heterocycles. The van der Waals surface area contributed by atoms with Gasteiger partial charge in [0, 0.05) is 46.5 Å². The van der Waals surface area contributed by atoms with E-state index >= 15 is 0 Å². The molecule has 1 N–H and O–H groups in total. The number of carbonyl (C=O) groups is 2. The Hall–Kier alpha value is -2.71.